The molecule has 0 fully saturated rings. The first-order valence-electron chi connectivity index (χ1n) is 5.37. The number of rotatable bonds is 3. The topological polar surface area (TPSA) is 30.7 Å². The van der Waals surface area contributed by atoms with Crippen LogP contribution in [-0.4, -0.2) is 14.5 Å². The normalized spacial score (nSPS) is 10.7. The molecule has 0 unspecified atom stereocenters. The minimum atomic E-state index is 0.918. The predicted molar refractivity (Wildman–Crippen MR) is 67.8 cm³/mol. The number of hydrogen-bond donors (Lipinski definition) is 0. The van der Waals surface area contributed by atoms with Crippen LogP contribution in [0.2, 0.25) is 0 Å². The summed E-state index contributed by atoms with van der Waals surface area (Å²) in [6.45, 7) is 4.21. The van der Waals surface area contributed by atoms with Crippen molar-refractivity contribution in [2.24, 2.45) is 0 Å². The van der Waals surface area contributed by atoms with Gasteiger partial charge in [-0.1, -0.05) is 6.92 Å². The first-order chi connectivity index (χ1) is 7.74. The predicted octanol–water partition coefficient (Wildman–Crippen LogP) is 3.29. The van der Waals surface area contributed by atoms with Gasteiger partial charge in [-0.15, -0.1) is 0 Å². The average molecular weight is 280 g/mol. The molecule has 2 rings (SSSR count). The second-order valence-corrected chi connectivity index (χ2v) is 4.52. The monoisotopic (exact) mass is 279 g/mol. The molecule has 0 aliphatic carbocycles. The van der Waals surface area contributed by atoms with Crippen molar-refractivity contribution in [3.63, 3.8) is 0 Å². The molecule has 2 aromatic rings. The van der Waals surface area contributed by atoms with E-state index in [1.165, 1.54) is 5.56 Å². The third-order valence-electron chi connectivity index (χ3n) is 2.48. The van der Waals surface area contributed by atoms with Gasteiger partial charge in [0.2, 0.25) is 0 Å². The molecule has 0 atom stereocenters. The highest BCUT2D eigenvalue weighted by molar-refractivity contribution is 9.10. The number of halogens is 1. The van der Waals surface area contributed by atoms with E-state index in [9.17, 15) is 0 Å². The fraction of sp³-hybridized carbons (Fsp3) is 0.333. The lowest BCUT2D eigenvalue weighted by atomic mass is 10.3. The maximum Gasteiger partial charge on any atom is 0.152 e. The minimum Gasteiger partial charge on any atom is -0.287 e. The van der Waals surface area contributed by atoms with Gasteiger partial charge in [-0.2, -0.15) is 0 Å². The van der Waals surface area contributed by atoms with E-state index in [-0.39, 0.29) is 0 Å². The Labute approximate surface area is 104 Å². The quantitative estimate of drug-likeness (QED) is 0.863. The zero-order chi connectivity index (χ0) is 11.5. The highest BCUT2D eigenvalue weighted by Gasteiger charge is 2.09. The van der Waals surface area contributed by atoms with Crippen LogP contribution in [0.15, 0.2) is 29.1 Å². The van der Waals surface area contributed by atoms with E-state index >= 15 is 0 Å². The molecule has 84 valence electrons. The van der Waals surface area contributed by atoms with Crippen molar-refractivity contribution < 1.29 is 0 Å². The molecule has 0 radical (unpaired) electrons. The standard InChI is InChI=1S/C12H14BrN3/c1-3-4-10-14-7-8-16(10)12-11(13)9(2)5-6-15-12/h5-8H,3-4H2,1-2H3. The lowest BCUT2D eigenvalue weighted by Crippen LogP contribution is -2.03. The summed E-state index contributed by atoms with van der Waals surface area (Å²) in [7, 11) is 0. The van der Waals surface area contributed by atoms with Crippen molar-refractivity contribution in [3.05, 3.63) is 40.5 Å². The van der Waals surface area contributed by atoms with Gasteiger partial charge in [-0.3, -0.25) is 4.57 Å². The molecule has 4 heteroatoms. The molecule has 0 spiro atoms. The second kappa shape index (κ2) is 4.78. The maximum absolute atomic E-state index is 4.40. The molecule has 0 aliphatic heterocycles. The number of hydrogen-bond acceptors (Lipinski definition) is 2. The van der Waals surface area contributed by atoms with Crippen molar-refractivity contribution in [1.29, 1.82) is 0 Å². The van der Waals surface area contributed by atoms with E-state index in [0.29, 0.717) is 0 Å². The SMILES string of the molecule is CCCc1nccn1-c1nccc(C)c1Br. The minimum absolute atomic E-state index is 0.918. The molecule has 0 N–H and O–H groups in total. The van der Waals surface area contributed by atoms with Gasteiger partial charge in [0.25, 0.3) is 0 Å². The molecule has 16 heavy (non-hydrogen) atoms. The Morgan fingerprint density at radius 2 is 2.12 bits per heavy atom. The first-order valence-corrected chi connectivity index (χ1v) is 6.17. The molecule has 0 saturated carbocycles. The number of aromatic nitrogens is 3. The fourth-order valence-electron chi connectivity index (χ4n) is 1.63. The first kappa shape index (κ1) is 11.3. The smallest absolute Gasteiger partial charge is 0.152 e. The summed E-state index contributed by atoms with van der Waals surface area (Å²) in [6, 6.07) is 1.99. The van der Waals surface area contributed by atoms with E-state index in [4.69, 9.17) is 0 Å². The van der Waals surface area contributed by atoms with Crippen LogP contribution in [0.5, 0.6) is 0 Å². The Morgan fingerprint density at radius 1 is 1.31 bits per heavy atom. The van der Waals surface area contributed by atoms with Crippen LogP contribution in [0.25, 0.3) is 5.82 Å². The van der Waals surface area contributed by atoms with Crippen LogP contribution in [-0.2, 0) is 6.42 Å². The summed E-state index contributed by atoms with van der Waals surface area (Å²) in [5.74, 6) is 1.97. The van der Waals surface area contributed by atoms with Crippen molar-refractivity contribution in [3.8, 4) is 5.82 Å². The summed E-state index contributed by atoms with van der Waals surface area (Å²) in [5.41, 5.74) is 1.18. The van der Waals surface area contributed by atoms with Crippen molar-refractivity contribution in [2.75, 3.05) is 0 Å². The summed E-state index contributed by atoms with van der Waals surface area (Å²) >= 11 is 3.58. The van der Waals surface area contributed by atoms with Crippen LogP contribution in [0.4, 0.5) is 0 Å². The Hall–Kier alpha value is -1.16. The zero-order valence-electron chi connectivity index (χ0n) is 9.44. The van der Waals surface area contributed by atoms with Crippen molar-refractivity contribution in [1.82, 2.24) is 14.5 Å². The van der Waals surface area contributed by atoms with E-state index < -0.39 is 0 Å². The van der Waals surface area contributed by atoms with Gasteiger partial charge in [0.1, 0.15) is 5.82 Å². The molecule has 2 heterocycles. The second-order valence-electron chi connectivity index (χ2n) is 3.73. The van der Waals surface area contributed by atoms with Gasteiger partial charge < -0.3 is 0 Å². The highest BCUT2D eigenvalue weighted by Crippen LogP contribution is 2.23. The number of imidazole rings is 1. The molecule has 0 aliphatic rings. The van der Waals surface area contributed by atoms with Gasteiger partial charge in [-0.05, 0) is 40.9 Å². The number of aryl methyl sites for hydroxylation is 2. The highest BCUT2D eigenvalue weighted by atomic mass is 79.9. The number of pyridine rings is 1. The lowest BCUT2D eigenvalue weighted by molar-refractivity contribution is 0.795. The molecular weight excluding hydrogens is 266 g/mol. The van der Waals surface area contributed by atoms with E-state index in [1.807, 2.05) is 29.2 Å². The van der Waals surface area contributed by atoms with Gasteiger partial charge in [0.05, 0.1) is 4.47 Å². The summed E-state index contributed by atoms with van der Waals surface area (Å²) in [4.78, 5) is 8.76. The molecule has 2 aromatic heterocycles. The fourth-order valence-corrected chi connectivity index (χ4v) is 2.06. The Morgan fingerprint density at radius 3 is 2.88 bits per heavy atom. The third kappa shape index (κ3) is 2.02. The van der Waals surface area contributed by atoms with Crippen LogP contribution < -0.4 is 0 Å². The van der Waals surface area contributed by atoms with Gasteiger partial charge in [-0.25, -0.2) is 9.97 Å². The molecule has 0 aromatic carbocycles. The zero-order valence-corrected chi connectivity index (χ0v) is 11.0. The summed E-state index contributed by atoms with van der Waals surface area (Å²) in [6.07, 6.45) is 7.65. The van der Waals surface area contributed by atoms with E-state index in [1.54, 1.807) is 0 Å². The molecule has 0 bridgehead atoms. The molecule has 0 amide bonds. The van der Waals surface area contributed by atoms with Crippen molar-refractivity contribution >= 4 is 15.9 Å². The van der Waals surface area contributed by atoms with Gasteiger partial charge in [0.15, 0.2) is 5.82 Å². The largest absolute Gasteiger partial charge is 0.287 e. The van der Waals surface area contributed by atoms with E-state index in [2.05, 4.69) is 39.7 Å². The van der Waals surface area contributed by atoms with Gasteiger partial charge >= 0.3 is 0 Å². The average Bonchev–Trinajstić information content (AvgIpc) is 2.71. The Bertz CT molecular complexity index is 491. The van der Waals surface area contributed by atoms with Crippen LogP contribution >= 0.6 is 15.9 Å². The summed E-state index contributed by atoms with van der Waals surface area (Å²) < 4.78 is 3.07. The van der Waals surface area contributed by atoms with E-state index in [0.717, 1.165) is 29.0 Å². The lowest BCUT2D eigenvalue weighted by Gasteiger charge is -2.09. The van der Waals surface area contributed by atoms with Gasteiger partial charge in [0, 0.05) is 25.0 Å². The molecule has 0 saturated heterocycles. The molecular formula is C12H14BrN3. The number of nitrogens with zero attached hydrogens (tertiary/aromatic N) is 3. The molecule has 3 nitrogen and oxygen atoms in total. The van der Waals surface area contributed by atoms with Crippen LogP contribution in [0, 0.1) is 6.92 Å². The third-order valence-corrected chi connectivity index (χ3v) is 3.46. The van der Waals surface area contributed by atoms with Crippen molar-refractivity contribution in [2.45, 2.75) is 26.7 Å². The summed E-state index contributed by atoms with van der Waals surface area (Å²) in [5, 5.41) is 0. The Balaban J connectivity index is 2.50. The maximum atomic E-state index is 4.40. The van der Waals surface area contributed by atoms with Crippen LogP contribution in [0.1, 0.15) is 24.7 Å². The van der Waals surface area contributed by atoms with Crippen LogP contribution in [0.3, 0.4) is 0 Å². The Kier molecular flexibility index (Phi) is 3.39.